The van der Waals surface area contributed by atoms with Crippen molar-refractivity contribution in [1.29, 1.82) is 0 Å². The molecule has 0 saturated carbocycles. The summed E-state index contributed by atoms with van der Waals surface area (Å²) in [6.45, 7) is 8.05. The molecule has 28 heavy (non-hydrogen) atoms. The van der Waals surface area contributed by atoms with Gasteiger partial charge in [0.1, 0.15) is 11.5 Å². The molecule has 3 aromatic rings. The molecule has 152 valence electrons. The predicted molar refractivity (Wildman–Crippen MR) is 108 cm³/mol. The van der Waals surface area contributed by atoms with Crippen molar-refractivity contribution in [3.8, 4) is 11.3 Å². The number of fused-ring (bicyclic) bond motifs is 1. The van der Waals surface area contributed by atoms with Crippen LogP contribution in [0.15, 0.2) is 21.1 Å². The Balaban J connectivity index is 0.00000280. The second kappa shape index (κ2) is 9.68. The number of methoxy groups -OCH3 is 1. The summed E-state index contributed by atoms with van der Waals surface area (Å²) in [6.07, 6.45) is 0. The van der Waals surface area contributed by atoms with Gasteiger partial charge in [-0.15, -0.1) is 12.4 Å². The molecule has 1 amide bonds. The fourth-order valence-corrected chi connectivity index (χ4v) is 2.96. The molecular formula is C19H25ClN4O4. The number of nitrogens with one attached hydrogen (secondary N) is 2. The first-order valence-electron chi connectivity index (χ1n) is 8.83. The fourth-order valence-electron chi connectivity index (χ4n) is 2.96. The molecule has 0 saturated heterocycles. The molecule has 9 heteroatoms. The standard InChI is InChI=1S/C19H24N4O4.ClH/c1-11-9-14(13(3)26-11)16-10-15(17-12(2)23-27-19(17)22-16)18(24)21-6-5-20-7-8-25-4;/h9-10,20H,5-8H2,1-4H3,(H,21,24);1H. The molecule has 2 N–H and O–H groups in total. The molecule has 8 nitrogen and oxygen atoms in total. The SMILES string of the molecule is COCCNCCNC(=O)c1cc(-c2cc(C)oc2C)nc2onc(C)c12.Cl. The fraction of sp³-hybridized carbons (Fsp3) is 0.421. The average Bonchev–Trinajstić information content (AvgIpc) is 3.19. The van der Waals surface area contributed by atoms with Gasteiger partial charge in [0.25, 0.3) is 11.6 Å². The van der Waals surface area contributed by atoms with Gasteiger partial charge in [0.15, 0.2) is 0 Å². The van der Waals surface area contributed by atoms with Crippen LogP contribution >= 0.6 is 12.4 Å². The van der Waals surface area contributed by atoms with E-state index in [2.05, 4.69) is 20.8 Å². The Hall–Kier alpha value is -2.42. The smallest absolute Gasteiger partial charge is 0.259 e. The average molecular weight is 409 g/mol. The zero-order valence-electron chi connectivity index (χ0n) is 16.4. The predicted octanol–water partition coefficient (Wildman–Crippen LogP) is 2.80. The van der Waals surface area contributed by atoms with Gasteiger partial charge in [-0.25, -0.2) is 4.98 Å². The van der Waals surface area contributed by atoms with Crippen LogP contribution < -0.4 is 10.6 Å². The molecule has 3 rings (SSSR count). The molecular weight excluding hydrogens is 384 g/mol. The highest BCUT2D eigenvalue weighted by molar-refractivity contribution is 6.07. The lowest BCUT2D eigenvalue weighted by molar-refractivity contribution is 0.0955. The zero-order valence-corrected chi connectivity index (χ0v) is 17.2. The Morgan fingerprint density at radius 1 is 1.18 bits per heavy atom. The molecule has 0 radical (unpaired) electrons. The van der Waals surface area contributed by atoms with E-state index in [1.807, 2.05) is 19.9 Å². The lowest BCUT2D eigenvalue weighted by Gasteiger charge is -2.09. The molecule has 0 aliphatic rings. The summed E-state index contributed by atoms with van der Waals surface area (Å²) in [7, 11) is 1.65. The van der Waals surface area contributed by atoms with Crippen LogP contribution in [-0.4, -0.2) is 49.4 Å². The highest BCUT2D eigenvalue weighted by Gasteiger charge is 2.20. The van der Waals surface area contributed by atoms with E-state index in [0.29, 0.717) is 47.7 Å². The van der Waals surface area contributed by atoms with Crippen LogP contribution in [0.2, 0.25) is 0 Å². The maximum absolute atomic E-state index is 12.8. The first kappa shape index (κ1) is 21.9. The largest absolute Gasteiger partial charge is 0.466 e. The number of amides is 1. The van der Waals surface area contributed by atoms with Crippen molar-refractivity contribution in [3.63, 3.8) is 0 Å². The number of aryl methyl sites for hydroxylation is 3. The lowest BCUT2D eigenvalue weighted by atomic mass is 10.1. The summed E-state index contributed by atoms with van der Waals surface area (Å²) < 4.78 is 15.9. The number of pyridine rings is 1. The summed E-state index contributed by atoms with van der Waals surface area (Å²) >= 11 is 0. The van der Waals surface area contributed by atoms with Crippen molar-refractivity contribution in [1.82, 2.24) is 20.8 Å². The van der Waals surface area contributed by atoms with Gasteiger partial charge in [-0.3, -0.25) is 4.79 Å². The highest BCUT2D eigenvalue weighted by Crippen LogP contribution is 2.30. The molecule has 0 fully saturated rings. The molecule has 0 atom stereocenters. The monoisotopic (exact) mass is 408 g/mol. The minimum atomic E-state index is -0.193. The molecule has 0 bridgehead atoms. The Labute approximate surface area is 169 Å². The zero-order chi connectivity index (χ0) is 19.4. The first-order valence-corrected chi connectivity index (χ1v) is 8.83. The normalized spacial score (nSPS) is 10.9. The number of hydrogen-bond donors (Lipinski definition) is 2. The summed E-state index contributed by atoms with van der Waals surface area (Å²) in [5.41, 5.74) is 2.91. The number of hydrogen-bond acceptors (Lipinski definition) is 7. The van der Waals surface area contributed by atoms with E-state index in [4.69, 9.17) is 13.7 Å². The van der Waals surface area contributed by atoms with Crippen LogP contribution in [0.25, 0.3) is 22.4 Å². The van der Waals surface area contributed by atoms with Gasteiger partial charge in [0.05, 0.1) is 28.9 Å². The van der Waals surface area contributed by atoms with Crippen LogP contribution in [0.5, 0.6) is 0 Å². The first-order chi connectivity index (χ1) is 13.0. The molecule has 0 aliphatic heterocycles. The van der Waals surface area contributed by atoms with Gasteiger partial charge in [-0.1, -0.05) is 5.16 Å². The van der Waals surface area contributed by atoms with Gasteiger partial charge < -0.3 is 24.3 Å². The number of rotatable bonds is 8. The van der Waals surface area contributed by atoms with Crippen LogP contribution in [0.3, 0.4) is 0 Å². The number of aromatic nitrogens is 2. The summed E-state index contributed by atoms with van der Waals surface area (Å²) in [6, 6.07) is 3.66. The van der Waals surface area contributed by atoms with E-state index in [1.165, 1.54) is 0 Å². The third-order valence-corrected chi connectivity index (χ3v) is 4.25. The van der Waals surface area contributed by atoms with Crippen molar-refractivity contribution in [3.05, 3.63) is 34.9 Å². The minimum absolute atomic E-state index is 0. The molecule has 0 unspecified atom stereocenters. The number of furan rings is 1. The Morgan fingerprint density at radius 2 is 1.96 bits per heavy atom. The number of carbonyl (C=O) groups excluding carboxylic acids is 1. The Bertz CT molecular complexity index is 951. The second-order valence-electron chi connectivity index (χ2n) is 6.33. The van der Waals surface area contributed by atoms with E-state index in [9.17, 15) is 4.79 Å². The van der Waals surface area contributed by atoms with Crippen molar-refractivity contribution >= 4 is 29.4 Å². The van der Waals surface area contributed by atoms with E-state index < -0.39 is 0 Å². The maximum Gasteiger partial charge on any atom is 0.259 e. The number of ether oxygens (including phenoxy) is 1. The number of halogens is 1. The van der Waals surface area contributed by atoms with Crippen molar-refractivity contribution in [2.45, 2.75) is 20.8 Å². The Kier molecular flexibility index (Phi) is 7.56. The van der Waals surface area contributed by atoms with Gasteiger partial charge in [0.2, 0.25) is 0 Å². The van der Waals surface area contributed by atoms with Crippen LogP contribution in [0.4, 0.5) is 0 Å². The van der Waals surface area contributed by atoms with Crippen molar-refractivity contribution in [2.75, 3.05) is 33.4 Å². The van der Waals surface area contributed by atoms with Crippen molar-refractivity contribution < 1.29 is 18.5 Å². The number of carbonyl (C=O) groups is 1. The van der Waals surface area contributed by atoms with Crippen molar-refractivity contribution in [2.24, 2.45) is 0 Å². The van der Waals surface area contributed by atoms with Crippen LogP contribution in [0.1, 0.15) is 27.6 Å². The van der Waals surface area contributed by atoms with E-state index in [-0.39, 0.29) is 18.3 Å². The summed E-state index contributed by atoms with van der Waals surface area (Å²) in [4.78, 5) is 17.3. The third-order valence-electron chi connectivity index (χ3n) is 4.25. The molecule has 3 heterocycles. The van der Waals surface area contributed by atoms with Gasteiger partial charge in [-0.05, 0) is 32.9 Å². The quantitative estimate of drug-likeness (QED) is 0.552. The Morgan fingerprint density at radius 3 is 2.64 bits per heavy atom. The van der Waals surface area contributed by atoms with E-state index >= 15 is 0 Å². The van der Waals surface area contributed by atoms with E-state index in [0.717, 1.165) is 23.6 Å². The van der Waals surface area contributed by atoms with Gasteiger partial charge >= 0.3 is 0 Å². The minimum Gasteiger partial charge on any atom is -0.466 e. The lowest BCUT2D eigenvalue weighted by Crippen LogP contribution is -2.33. The molecule has 3 aromatic heterocycles. The van der Waals surface area contributed by atoms with Gasteiger partial charge in [-0.2, -0.15) is 0 Å². The molecule has 0 spiro atoms. The topological polar surface area (TPSA) is 102 Å². The summed E-state index contributed by atoms with van der Waals surface area (Å²) in [5, 5.41) is 10.7. The maximum atomic E-state index is 12.8. The molecule has 0 aliphatic carbocycles. The highest BCUT2D eigenvalue weighted by atomic mass is 35.5. The second-order valence-corrected chi connectivity index (χ2v) is 6.33. The number of nitrogens with zero attached hydrogens (tertiary/aromatic N) is 2. The summed E-state index contributed by atoms with van der Waals surface area (Å²) in [5.74, 6) is 1.33. The van der Waals surface area contributed by atoms with E-state index in [1.54, 1.807) is 20.1 Å². The van der Waals surface area contributed by atoms with Crippen LogP contribution in [-0.2, 0) is 4.74 Å². The van der Waals surface area contributed by atoms with Crippen LogP contribution in [0, 0.1) is 20.8 Å². The third kappa shape index (κ3) is 4.70. The molecule has 0 aromatic carbocycles. The van der Waals surface area contributed by atoms with Gasteiger partial charge in [0, 0.05) is 32.3 Å².